The molecule has 0 aliphatic carbocycles. The van der Waals surface area contributed by atoms with Crippen LogP contribution in [0, 0.1) is 0 Å². The Balaban J connectivity index is 2.44. The van der Waals surface area contributed by atoms with E-state index in [1.807, 2.05) is 6.92 Å². The third-order valence-electron chi connectivity index (χ3n) is 5.08. The molecule has 0 bridgehead atoms. The van der Waals surface area contributed by atoms with Crippen molar-refractivity contribution < 1.29 is 9.47 Å². The van der Waals surface area contributed by atoms with E-state index in [-0.39, 0.29) is 6.04 Å². The Hall–Kier alpha value is -1.22. The average Bonchev–Trinajstić information content (AvgIpc) is 2.67. The predicted molar refractivity (Wildman–Crippen MR) is 122 cm³/mol. The van der Waals surface area contributed by atoms with E-state index in [9.17, 15) is 0 Å². The molecule has 1 rings (SSSR count). The van der Waals surface area contributed by atoms with Gasteiger partial charge in [-0.15, -0.1) is 0 Å². The van der Waals surface area contributed by atoms with Crippen molar-refractivity contribution in [3.8, 4) is 11.5 Å². The molecule has 0 aliphatic rings. The van der Waals surface area contributed by atoms with Crippen LogP contribution in [-0.2, 0) is 6.42 Å². The van der Waals surface area contributed by atoms with Gasteiger partial charge in [0.15, 0.2) is 11.5 Å². The minimum Gasteiger partial charge on any atom is -0.490 e. The summed E-state index contributed by atoms with van der Waals surface area (Å²) in [7, 11) is 0. The lowest BCUT2D eigenvalue weighted by Crippen LogP contribution is -2.17. The number of hydrogen-bond donors (Lipinski definition) is 1. The number of benzene rings is 1. The summed E-state index contributed by atoms with van der Waals surface area (Å²) in [5, 5.41) is 0. The number of unbranched alkanes of at least 4 members (excludes halogenated alkanes) is 10. The van der Waals surface area contributed by atoms with Gasteiger partial charge in [0.1, 0.15) is 0 Å². The smallest absolute Gasteiger partial charge is 0.161 e. The van der Waals surface area contributed by atoms with E-state index in [0.717, 1.165) is 44.0 Å². The Morgan fingerprint density at radius 1 is 0.714 bits per heavy atom. The fourth-order valence-corrected chi connectivity index (χ4v) is 3.41. The van der Waals surface area contributed by atoms with Gasteiger partial charge in [0.2, 0.25) is 0 Å². The van der Waals surface area contributed by atoms with Crippen molar-refractivity contribution in [2.45, 2.75) is 110 Å². The first-order valence-electron chi connectivity index (χ1n) is 11.8. The Labute approximate surface area is 174 Å². The highest BCUT2D eigenvalue weighted by Crippen LogP contribution is 2.29. The summed E-state index contributed by atoms with van der Waals surface area (Å²) in [4.78, 5) is 0. The van der Waals surface area contributed by atoms with Gasteiger partial charge in [-0.05, 0) is 43.9 Å². The summed E-state index contributed by atoms with van der Waals surface area (Å²) >= 11 is 0. The van der Waals surface area contributed by atoms with Crippen molar-refractivity contribution in [2.75, 3.05) is 13.2 Å². The topological polar surface area (TPSA) is 44.5 Å². The van der Waals surface area contributed by atoms with Crippen LogP contribution in [0.4, 0.5) is 0 Å². The maximum Gasteiger partial charge on any atom is 0.161 e. The fraction of sp³-hybridized carbons (Fsp3) is 0.760. The van der Waals surface area contributed by atoms with Crippen LogP contribution in [0.1, 0.15) is 103 Å². The first-order valence-corrected chi connectivity index (χ1v) is 11.8. The van der Waals surface area contributed by atoms with Gasteiger partial charge in [-0.3, -0.25) is 0 Å². The largest absolute Gasteiger partial charge is 0.490 e. The van der Waals surface area contributed by atoms with E-state index in [2.05, 4.69) is 32.0 Å². The lowest BCUT2D eigenvalue weighted by atomic mass is 10.1. The summed E-state index contributed by atoms with van der Waals surface area (Å²) in [6, 6.07) is 6.46. The summed E-state index contributed by atoms with van der Waals surface area (Å²) in [6.07, 6.45) is 16.2. The van der Waals surface area contributed by atoms with E-state index in [0.29, 0.717) is 0 Å². The highest BCUT2D eigenvalue weighted by Gasteiger charge is 2.08. The molecule has 0 fully saturated rings. The zero-order valence-electron chi connectivity index (χ0n) is 18.8. The van der Waals surface area contributed by atoms with Gasteiger partial charge in [-0.1, -0.05) is 84.1 Å². The van der Waals surface area contributed by atoms with Gasteiger partial charge in [0, 0.05) is 6.04 Å². The predicted octanol–water partition coefficient (Wildman–Crippen LogP) is 7.05. The monoisotopic (exact) mass is 391 g/mol. The fourth-order valence-electron chi connectivity index (χ4n) is 3.41. The van der Waals surface area contributed by atoms with Crippen molar-refractivity contribution in [1.82, 2.24) is 0 Å². The highest BCUT2D eigenvalue weighted by atomic mass is 16.5. The van der Waals surface area contributed by atoms with Crippen LogP contribution in [0.25, 0.3) is 0 Å². The normalized spacial score (nSPS) is 12.1. The molecule has 28 heavy (non-hydrogen) atoms. The molecule has 0 amide bonds. The van der Waals surface area contributed by atoms with Gasteiger partial charge in [0.05, 0.1) is 13.2 Å². The molecule has 0 aromatic heterocycles. The quantitative estimate of drug-likeness (QED) is 0.272. The maximum absolute atomic E-state index is 6.11. The number of ether oxygens (including phenoxy) is 2. The van der Waals surface area contributed by atoms with E-state index < -0.39 is 0 Å². The first-order chi connectivity index (χ1) is 13.7. The first kappa shape index (κ1) is 24.8. The van der Waals surface area contributed by atoms with Crippen LogP contribution in [-0.4, -0.2) is 19.3 Å². The van der Waals surface area contributed by atoms with Crippen LogP contribution in [0.2, 0.25) is 0 Å². The van der Waals surface area contributed by atoms with E-state index >= 15 is 0 Å². The van der Waals surface area contributed by atoms with Gasteiger partial charge in [-0.25, -0.2) is 0 Å². The molecule has 0 heterocycles. The van der Waals surface area contributed by atoms with Crippen LogP contribution in [0.3, 0.4) is 0 Å². The Morgan fingerprint density at radius 2 is 1.21 bits per heavy atom. The van der Waals surface area contributed by atoms with Gasteiger partial charge in [-0.2, -0.15) is 0 Å². The summed E-state index contributed by atoms with van der Waals surface area (Å²) in [6.45, 7) is 8.09. The van der Waals surface area contributed by atoms with E-state index in [4.69, 9.17) is 15.2 Å². The molecule has 1 aromatic carbocycles. The van der Waals surface area contributed by atoms with Crippen LogP contribution in [0.5, 0.6) is 11.5 Å². The zero-order chi connectivity index (χ0) is 20.5. The molecule has 0 saturated heterocycles. The second-order valence-corrected chi connectivity index (χ2v) is 8.19. The molecule has 2 N–H and O–H groups in total. The van der Waals surface area contributed by atoms with Crippen molar-refractivity contribution in [3.63, 3.8) is 0 Å². The molecule has 0 aliphatic heterocycles. The van der Waals surface area contributed by atoms with E-state index in [1.54, 1.807) is 0 Å². The third-order valence-corrected chi connectivity index (χ3v) is 5.08. The molecule has 3 nitrogen and oxygen atoms in total. The lowest BCUT2D eigenvalue weighted by molar-refractivity contribution is 0.258. The Bertz CT molecular complexity index is 487. The van der Waals surface area contributed by atoms with Crippen molar-refractivity contribution >= 4 is 0 Å². The van der Waals surface area contributed by atoms with Crippen LogP contribution < -0.4 is 15.2 Å². The molecular weight excluding hydrogens is 346 g/mol. The molecule has 3 heteroatoms. The minimum absolute atomic E-state index is 0.154. The standard InChI is InChI=1S/C25H45NO2/c1-4-6-8-10-12-14-18-27-24-17-16-23(20-22(3)26)21-25(24)28-19-15-13-11-9-7-5-2/h16-17,21-22H,4-15,18-20,26H2,1-3H3. The zero-order valence-corrected chi connectivity index (χ0v) is 18.8. The maximum atomic E-state index is 6.11. The third kappa shape index (κ3) is 12.3. The molecule has 162 valence electrons. The SMILES string of the molecule is CCCCCCCCOc1ccc(CC(C)N)cc1OCCCCCCCC. The highest BCUT2D eigenvalue weighted by molar-refractivity contribution is 5.43. The average molecular weight is 392 g/mol. The van der Waals surface area contributed by atoms with Crippen LogP contribution in [0.15, 0.2) is 18.2 Å². The number of rotatable bonds is 18. The van der Waals surface area contributed by atoms with Gasteiger partial charge >= 0.3 is 0 Å². The molecule has 0 saturated carbocycles. The van der Waals surface area contributed by atoms with Gasteiger partial charge < -0.3 is 15.2 Å². The molecule has 1 atom stereocenters. The molecular formula is C25H45NO2. The van der Waals surface area contributed by atoms with Crippen molar-refractivity contribution in [2.24, 2.45) is 5.73 Å². The summed E-state index contributed by atoms with van der Waals surface area (Å²) in [5.74, 6) is 1.77. The van der Waals surface area contributed by atoms with Crippen molar-refractivity contribution in [1.29, 1.82) is 0 Å². The number of hydrogen-bond acceptors (Lipinski definition) is 3. The second-order valence-electron chi connectivity index (χ2n) is 8.19. The lowest BCUT2D eigenvalue weighted by Gasteiger charge is -2.15. The molecule has 1 aromatic rings. The molecule has 1 unspecified atom stereocenters. The minimum atomic E-state index is 0.154. The van der Waals surface area contributed by atoms with Crippen LogP contribution >= 0.6 is 0 Å². The Morgan fingerprint density at radius 3 is 1.75 bits per heavy atom. The summed E-state index contributed by atoms with van der Waals surface area (Å²) in [5.41, 5.74) is 7.19. The molecule has 0 radical (unpaired) electrons. The Kier molecular flexibility index (Phi) is 14.8. The van der Waals surface area contributed by atoms with Gasteiger partial charge in [0.25, 0.3) is 0 Å². The number of nitrogens with two attached hydrogens (primary N) is 1. The van der Waals surface area contributed by atoms with E-state index in [1.165, 1.54) is 69.8 Å². The second kappa shape index (κ2) is 16.7. The summed E-state index contributed by atoms with van der Waals surface area (Å²) < 4.78 is 12.2. The molecule has 0 spiro atoms. The van der Waals surface area contributed by atoms with Crippen molar-refractivity contribution in [3.05, 3.63) is 23.8 Å².